The van der Waals surface area contributed by atoms with Gasteiger partial charge in [-0.15, -0.1) is 0 Å². The molecule has 0 unspecified atom stereocenters. The third kappa shape index (κ3) is 3.97. The van der Waals surface area contributed by atoms with Crippen LogP contribution in [0.3, 0.4) is 0 Å². The van der Waals surface area contributed by atoms with Crippen molar-refractivity contribution in [1.82, 2.24) is 20.4 Å². The van der Waals surface area contributed by atoms with Gasteiger partial charge in [0.15, 0.2) is 0 Å². The van der Waals surface area contributed by atoms with Crippen LogP contribution >= 0.6 is 23.2 Å². The molecular formula is C19H14Cl2N4O2. The van der Waals surface area contributed by atoms with Crippen LogP contribution in [0.1, 0.15) is 11.5 Å². The number of nitrogens with one attached hydrogen (secondary N) is 2. The lowest BCUT2D eigenvalue weighted by Crippen LogP contribution is -2.24. The van der Waals surface area contributed by atoms with Crippen molar-refractivity contribution in [1.29, 1.82) is 0 Å². The standard InChI is InChI=1S/C19H14Cl2N4O2/c20-13-3-1-11(2-4-13)19-24-18(27-25-19)10-23-17(26)7-12-9-22-16-8-14(21)5-6-15(12)16/h1-6,8-9,22H,7,10H2,(H,23,26). The van der Waals surface area contributed by atoms with E-state index >= 15 is 0 Å². The molecule has 2 N–H and O–H groups in total. The molecule has 1 amide bonds. The first-order chi connectivity index (χ1) is 13.1. The Hall–Kier alpha value is -2.83. The first-order valence-corrected chi connectivity index (χ1v) is 8.95. The van der Waals surface area contributed by atoms with Crippen LogP contribution in [0.15, 0.2) is 53.2 Å². The van der Waals surface area contributed by atoms with Gasteiger partial charge in [0.05, 0.1) is 13.0 Å². The largest absolute Gasteiger partial charge is 0.361 e. The van der Waals surface area contributed by atoms with Crippen molar-refractivity contribution in [3.05, 3.63) is 70.2 Å². The second-order valence-electron chi connectivity index (χ2n) is 5.98. The van der Waals surface area contributed by atoms with E-state index in [1.165, 1.54) is 0 Å². The molecule has 4 rings (SSSR count). The van der Waals surface area contributed by atoms with Crippen molar-refractivity contribution in [2.45, 2.75) is 13.0 Å². The van der Waals surface area contributed by atoms with Gasteiger partial charge in [0.1, 0.15) is 0 Å². The van der Waals surface area contributed by atoms with Crippen LogP contribution in [0, 0.1) is 0 Å². The molecule has 0 aliphatic heterocycles. The predicted molar refractivity (Wildman–Crippen MR) is 104 cm³/mol. The number of H-pyrrole nitrogens is 1. The molecule has 6 nitrogen and oxygen atoms in total. The molecule has 0 spiro atoms. The second-order valence-corrected chi connectivity index (χ2v) is 6.85. The number of aromatic nitrogens is 3. The highest BCUT2D eigenvalue weighted by Gasteiger charge is 2.12. The van der Waals surface area contributed by atoms with Crippen LogP contribution in [0.2, 0.25) is 10.0 Å². The van der Waals surface area contributed by atoms with Gasteiger partial charge in [0.2, 0.25) is 17.6 Å². The summed E-state index contributed by atoms with van der Waals surface area (Å²) < 4.78 is 5.19. The average Bonchev–Trinajstić information content (AvgIpc) is 3.28. The number of aromatic amines is 1. The molecule has 0 bridgehead atoms. The number of benzene rings is 2. The SMILES string of the molecule is O=C(Cc1c[nH]c2cc(Cl)ccc12)NCc1nc(-c2ccc(Cl)cc2)no1. The normalized spacial score (nSPS) is 11.0. The Kier molecular flexibility index (Phi) is 4.83. The Morgan fingerprint density at radius 3 is 2.70 bits per heavy atom. The lowest BCUT2D eigenvalue weighted by Gasteiger charge is -2.02. The number of halogens is 2. The number of fused-ring (bicyclic) bond motifs is 1. The van der Waals surface area contributed by atoms with E-state index in [-0.39, 0.29) is 18.9 Å². The Morgan fingerprint density at radius 2 is 1.89 bits per heavy atom. The summed E-state index contributed by atoms with van der Waals surface area (Å²) in [4.78, 5) is 19.7. The summed E-state index contributed by atoms with van der Waals surface area (Å²) in [6.07, 6.45) is 2.05. The van der Waals surface area contributed by atoms with Gasteiger partial charge in [0, 0.05) is 32.7 Å². The topological polar surface area (TPSA) is 83.8 Å². The molecule has 27 heavy (non-hydrogen) atoms. The molecule has 2 heterocycles. The maximum Gasteiger partial charge on any atom is 0.246 e. The van der Waals surface area contributed by atoms with Gasteiger partial charge in [-0.2, -0.15) is 4.98 Å². The van der Waals surface area contributed by atoms with E-state index in [1.54, 1.807) is 30.3 Å². The van der Waals surface area contributed by atoms with Crippen LogP contribution < -0.4 is 5.32 Å². The van der Waals surface area contributed by atoms with Crippen molar-refractivity contribution in [3.8, 4) is 11.4 Å². The van der Waals surface area contributed by atoms with E-state index in [9.17, 15) is 4.79 Å². The fourth-order valence-electron chi connectivity index (χ4n) is 2.76. The molecule has 0 saturated carbocycles. The van der Waals surface area contributed by atoms with E-state index in [0.717, 1.165) is 22.0 Å². The summed E-state index contributed by atoms with van der Waals surface area (Å²) in [5.41, 5.74) is 2.58. The summed E-state index contributed by atoms with van der Waals surface area (Å²) in [6.45, 7) is 0.160. The lowest BCUT2D eigenvalue weighted by atomic mass is 10.1. The number of carbonyl (C=O) groups is 1. The van der Waals surface area contributed by atoms with Gasteiger partial charge in [-0.1, -0.05) is 34.4 Å². The summed E-state index contributed by atoms with van der Waals surface area (Å²) in [5.74, 6) is 0.639. The fraction of sp³-hybridized carbons (Fsp3) is 0.105. The monoisotopic (exact) mass is 400 g/mol. The molecule has 0 aliphatic rings. The third-order valence-corrected chi connectivity index (χ3v) is 4.57. The molecule has 0 radical (unpaired) electrons. The molecule has 0 saturated heterocycles. The van der Waals surface area contributed by atoms with Gasteiger partial charge in [-0.25, -0.2) is 0 Å². The minimum Gasteiger partial charge on any atom is -0.361 e. The fourth-order valence-corrected chi connectivity index (χ4v) is 3.06. The van der Waals surface area contributed by atoms with Crippen molar-refractivity contribution in [3.63, 3.8) is 0 Å². The van der Waals surface area contributed by atoms with E-state index in [4.69, 9.17) is 27.7 Å². The first-order valence-electron chi connectivity index (χ1n) is 8.19. The first kappa shape index (κ1) is 17.6. The van der Waals surface area contributed by atoms with E-state index in [1.807, 2.05) is 18.3 Å². The Labute approximate surface area is 164 Å². The number of nitrogens with zero attached hydrogens (tertiary/aromatic N) is 2. The highest BCUT2D eigenvalue weighted by Crippen LogP contribution is 2.22. The summed E-state index contributed by atoms with van der Waals surface area (Å²) in [5, 5.41) is 8.96. The molecule has 0 fully saturated rings. The zero-order valence-electron chi connectivity index (χ0n) is 14.0. The van der Waals surface area contributed by atoms with Gasteiger partial charge < -0.3 is 14.8 Å². The van der Waals surface area contributed by atoms with Crippen LogP contribution in [0.4, 0.5) is 0 Å². The summed E-state index contributed by atoms with van der Waals surface area (Å²) in [6, 6.07) is 12.6. The zero-order chi connectivity index (χ0) is 18.8. The molecule has 0 atom stereocenters. The van der Waals surface area contributed by atoms with Gasteiger partial charge in [-0.05, 0) is 42.0 Å². The van der Waals surface area contributed by atoms with Gasteiger partial charge in [-0.3, -0.25) is 4.79 Å². The Balaban J connectivity index is 1.38. The quantitative estimate of drug-likeness (QED) is 0.520. The maximum atomic E-state index is 12.3. The molecule has 8 heteroatoms. The van der Waals surface area contributed by atoms with Crippen LogP contribution in [0.25, 0.3) is 22.3 Å². The number of hydrogen-bond donors (Lipinski definition) is 2. The summed E-state index contributed by atoms with van der Waals surface area (Å²) >= 11 is 11.8. The second kappa shape index (κ2) is 7.42. The highest BCUT2D eigenvalue weighted by molar-refractivity contribution is 6.31. The number of carbonyl (C=O) groups excluding carboxylic acids is 1. The lowest BCUT2D eigenvalue weighted by molar-refractivity contribution is -0.120. The average molecular weight is 401 g/mol. The van der Waals surface area contributed by atoms with Gasteiger partial charge in [0.25, 0.3) is 0 Å². The number of hydrogen-bond acceptors (Lipinski definition) is 4. The van der Waals surface area contributed by atoms with Gasteiger partial charge >= 0.3 is 0 Å². The summed E-state index contributed by atoms with van der Waals surface area (Å²) in [7, 11) is 0. The predicted octanol–water partition coefficient (Wildman–Crippen LogP) is 4.38. The van der Waals surface area contributed by atoms with E-state index < -0.39 is 0 Å². The van der Waals surface area contributed by atoms with Crippen LogP contribution in [0.5, 0.6) is 0 Å². The number of rotatable bonds is 5. The Bertz CT molecular complexity index is 1100. The Morgan fingerprint density at radius 1 is 1.11 bits per heavy atom. The molecule has 2 aromatic carbocycles. The van der Waals surface area contributed by atoms with Crippen molar-refractivity contribution in [2.75, 3.05) is 0 Å². The highest BCUT2D eigenvalue weighted by atomic mass is 35.5. The molecule has 2 aromatic heterocycles. The molecule has 4 aromatic rings. The van der Waals surface area contributed by atoms with E-state index in [0.29, 0.717) is 21.8 Å². The van der Waals surface area contributed by atoms with Crippen LogP contribution in [-0.4, -0.2) is 21.0 Å². The molecule has 136 valence electrons. The molecular weight excluding hydrogens is 387 g/mol. The van der Waals surface area contributed by atoms with Crippen molar-refractivity contribution >= 4 is 40.0 Å². The smallest absolute Gasteiger partial charge is 0.246 e. The third-order valence-electron chi connectivity index (χ3n) is 4.09. The van der Waals surface area contributed by atoms with Crippen LogP contribution in [-0.2, 0) is 17.8 Å². The van der Waals surface area contributed by atoms with Crippen molar-refractivity contribution < 1.29 is 9.32 Å². The molecule has 0 aliphatic carbocycles. The minimum atomic E-state index is -0.142. The van der Waals surface area contributed by atoms with Crippen molar-refractivity contribution in [2.24, 2.45) is 0 Å². The maximum absolute atomic E-state index is 12.3. The minimum absolute atomic E-state index is 0.142. The zero-order valence-corrected chi connectivity index (χ0v) is 15.5. The number of amides is 1. The van der Waals surface area contributed by atoms with E-state index in [2.05, 4.69) is 20.4 Å².